The van der Waals surface area contributed by atoms with Gasteiger partial charge in [0.1, 0.15) is 10.8 Å². The standard InChI is InChI=1S/C21H20N4S2/c1-15-8-10-18(11-9-15)20-22-19(13-26-20)14-27-21-24-23-16(2)25(21)12-17-6-4-3-5-7-17/h3-11,13H,12,14H2,1-2H3. The fraction of sp³-hybridized carbons (Fsp3) is 0.190. The number of benzene rings is 2. The number of thiazole rings is 1. The number of hydrogen-bond donors (Lipinski definition) is 0. The maximum atomic E-state index is 4.79. The second-order valence-electron chi connectivity index (χ2n) is 6.40. The molecule has 0 saturated heterocycles. The second kappa shape index (κ2) is 8.06. The van der Waals surface area contributed by atoms with Crippen molar-refractivity contribution in [3.63, 3.8) is 0 Å². The molecule has 0 aliphatic carbocycles. The largest absolute Gasteiger partial charge is 0.302 e. The summed E-state index contributed by atoms with van der Waals surface area (Å²) in [6.45, 7) is 4.88. The van der Waals surface area contributed by atoms with Crippen LogP contribution in [0.1, 0.15) is 22.6 Å². The van der Waals surface area contributed by atoms with Gasteiger partial charge in [0.05, 0.1) is 12.2 Å². The van der Waals surface area contributed by atoms with Gasteiger partial charge in [0.2, 0.25) is 0 Å². The zero-order valence-corrected chi connectivity index (χ0v) is 16.9. The molecule has 0 N–H and O–H groups in total. The molecular formula is C21H20N4S2. The summed E-state index contributed by atoms with van der Waals surface area (Å²) in [6.07, 6.45) is 0. The Hall–Kier alpha value is -2.44. The minimum atomic E-state index is 0.785. The quantitative estimate of drug-likeness (QED) is 0.414. The lowest BCUT2D eigenvalue weighted by atomic mass is 10.2. The van der Waals surface area contributed by atoms with E-state index in [0.29, 0.717) is 0 Å². The van der Waals surface area contributed by atoms with Crippen molar-refractivity contribution in [2.75, 3.05) is 0 Å². The maximum Gasteiger partial charge on any atom is 0.191 e. The van der Waals surface area contributed by atoms with Crippen molar-refractivity contribution >= 4 is 23.1 Å². The molecule has 2 aromatic heterocycles. The molecule has 0 aliphatic heterocycles. The Morgan fingerprint density at radius 3 is 2.52 bits per heavy atom. The first kappa shape index (κ1) is 17.9. The van der Waals surface area contributed by atoms with Gasteiger partial charge in [0.25, 0.3) is 0 Å². The van der Waals surface area contributed by atoms with Gasteiger partial charge in [-0.1, -0.05) is 71.9 Å². The van der Waals surface area contributed by atoms with Gasteiger partial charge in [-0.25, -0.2) is 4.98 Å². The van der Waals surface area contributed by atoms with Crippen LogP contribution in [0.5, 0.6) is 0 Å². The Morgan fingerprint density at radius 2 is 1.74 bits per heavy atom. The van der Waals surface area contributed by atoms with Crippen molar-refractivity contribution in [2.24, 2.45) is 0 Å². The molecule has 0 radical (unpaired) electrons. The van der Waals surface area contributed by atoms with Crippen molar-refractivity contribution in [3.05, 3.63) is 82.6 Å². The maximum absolute atomic E-state index is 4.79. The van der Waals surface area contributed by atoms with Gasteiger partial charge in [-0.05, 0) is 19.4 Å². The number of hydrogen-bond acceptors (Lipinski definition) is 5. The molecule has 0 saturated carbocycles. The van der Waals surface area contributed by atoms with Gasteiger partial charge in [-0.2, -0.15) is 0 Å². The molecule has 2 heterocycles. The number of thioether (sulfide) groups is 1. The fourth-order valence-electron chi connectivity index (χ4n) is 2.76. The minimum Gasteiger partial charge on any atom is -0.302 e. The number of nitrogens with zero attached hydrogens (tertiary/aromatic N) is 4. The van der Waals surface area contributed by atoms with Gasteiger partial charge in [-0.15, -0.1) is 21.5 Å². The lowest BCUT2D eigenvalue weighted by molar-refractivity contribution is 0.688. The molecule has 0 amide bonds. The Morgan fingerprint density at radius 1 is 0.963 bits per heavy atom. The summed E-state index contributed by atoms with van der Waals surface area (Å²) < 4.78 is 2.16. The number of aromatic nitrogens is 4. The summed E-state index contributed by atoms with van der Waals surface area (Å²) in [4.78, 5) is 4.79. The molecule has 4 rings (SSSR count). The van der Waals surface area contributed by atoms with Gasteiger partial charge in [0.15, 0.2) is 5.16 Å². The molecule has 0 fully saturated rings. The average Bonchev–Trinajstić information content (AvgIpc) is 3.29. The van der Waals surface area contributed by atoms with E-state index in [2.05, 4.69) is 75.6 Å². The summed E-state index contributed by atoms with van der Waals surface area (Å²) in [6, 6.07) is 18.9. The van der Waals surface area contributed by atoms with Crippen LogP contribution in [0.4, 0.5) is 0 Å². The third-order valence-corrected chi connectivity index (χ3v) is 6.23. The summed E-state index contributed by atoms with van der Waals surface area (Å²) in [5.74, 6) is 1.72. The molecule has 2 aromatic carbocycles. The molecule has 0 bridgehead atoms. The van der Waals surface area contributed by atoms with Gasteiger partial charge >= 0.3 is 0 Å². The SMILES string of the molecule is Cc1ccc(-c2nc(CSc3nnc(C)n3Cc3ccccc3)cs2)cc1. The van der Waals surface area contributed by atoms with Crippen molar-refractivity contribution in [2.45, 2.75) is 31.3 Å². The Balaban J connectivity index is 1.46. The van der Waals surface area contributed by atoms with Crippen LogP contribution < -0.4 is 0 Å². The lowest BCUT2D eigenvalue weighted by Crippen LogP contribution is -2.03. The van der Waals surface area contributed by atoms with Crippen LogP contribution in [0, 0.1) is 13.8 Å². The van der Waals surface area contributed by atoms with E-state index in [-0.39, 0.29) is 0 Å². The van der Waals surface area contributed by atoms with E-state index < -0.39 is 0 Å². The van der Waals surface area contributed by atoms with Crippen LogP contribution in [0.25, 0.3) is 10.6 Å². The van der Waals surface area contributed by atoms with Crippen molar-refractivity contribution in [1.82, 2.24) is 19.7 Å². The lowest BCUT2D eigenvalue weighted by Gasteiger charge is -2.08. The second-order valence-corrected chi connectivity index (χ2v) is 8.20. The zero-order chi connectivity index (χ0) is 18.6. The topological polar surface area (TPSA) is 43.6 Å². The van der Waals surface area contributed by atoms with E-state index in [4.69, 9.17) is 4.98 Å². The molecular weight excluding hydrogens is 372 g/mol. The Labute approximate surface area is 167 Å². The molecule has 27 heavy (non-hydrogen) atoms. The van der Waals surface area contributed by atoms with E-state index in [9.17, 15) is 0 Å². The highest BCUT2D eigenvalue weighted by atomic mass is 32.2. The van der Waals surface area contributed by atoms with E-state index >= 15 is 0 Å². The number of rotatable bonds is 6. The first-order valence-corrected chi connectivity index (χ1v) is 10.6. The molecule has 4 aromatic rings. The molecule has 0 atom stereocenters. The first-order valence-electron chi connectivity index (χ1n) is 8.77. The predicted molar refractivity (Wildman–Crippen MR) is 112 cm³/mol. The van der Waals surface area contributed by atoms with Crippen molar-refractivity contribution in [3.8, 4) is 10.6 Å². The molecule has 0 aliphatic rings. The predicted octanol–water partition coefficient (Wildman–Crippen LogP) is 5.36. The highest BCUT2D eigenvalue weighted by Crippen LogP contribution is 2.28. The summed E-state index contributed by atoms with van der Waals surface area (Å²) in [7, 11) is 0. The van der Waals surface area contributed by atoms with Gasteiger partial charge < -0.3 is 4.57 Å². The smallest absolute Gasteiger partial charge is 0.191 e. The first-order chi connectivity index (χ1) is 13.2. The third-order valence-electron chi connectivity index (χ3n) is 4.28. The van der Waals surface area contributed by atoms with E-state index in [0.717, 1.165) is 34.0 Å². The van der Waals surface area contributed by atoms with Crippen LogP contribution in [-0.2, 0) is 12.3 Å². The summed E-state index contributed by atoms with van der Waals surface area (Å²) in [5, 5.41) is 12.7. The van der Waals surface area contributed by atoms with Crippen LogP contribution >= 0.6 is 23.1 Å². The molecule has 136 valence electrons. The number of aryl methyl sites for hydroxylation is 2. The Bertz CT molecular complexity index is 1020. The van der Waals surface area contributed by atoms with Crippen molar-refractivity contribution in [1.29, 1.82) is 0 Å². The highest BCUT2D eigenvalue weighted by Gasteiger charge is 2.12. The molecule has 0 unspecified atom stereocenters. The van der Waals surface area contributed by atoms with Crippen LogP contribution in [0.15, 0.2) is 65.1 Å². The third kappa shape index (κ3) is 4.28. The van der Waals surface area contributed by atoms with E-state index in [1.165, 1.54) is 16.7 Å². The van der Waals surface area contributed by atoms with E-state index in [1.807, 2.05) is 13.0 Å². The van der Waals surface area contributed by atoms with Crippen LogP contribution in [-0.4, -0.2) is 19.7 Å². The Kier molecular flexibility index (Phi) is 5.36. The molecule has 0 spiro atoms. The normalized spacial score (nSPS) is 11.0. The van der Waals surface area contributed by atoms with Crippen LogP contribution in [0.2, 0.25) is 0 Å². The molecule has 4 nitrogen and oxygen atoms in total. The van der Waals surface area contributed by atoms with E-state index in [1.54, 1.807) is 23.1 Å². The molecule has 6 heteroatoms. The summed E-state index contributed by atoms with van der Waals surface area (Å²) in [5.41, 5.74) is 4.76. The zero-order valence-electron chi connectivity index (χ0n) is 15.3. The fourth-order valence-corrected chi connectivity index (χ4v) is 4.56. The van der Waals surface area contributed by atoms with Gasteiger partial charge in [0, 0.05) is 16.7 Å². The van der Waals surface area contributed by atoms with Crippen molar-refractivity contribution < 1.29 is 0 Å². The highest BCUT2D eigenvalue weighted by molar-refractivity contribution is 7.98. The average molecular weight is 393 g/mol. The van der Waals surface area contributed by atoms with Crippen LogP contribution in [0.3, 0.4) is 0 Å². The minimum absolute atomic E-state index is 0.785. The summed E-state index contributed by atoms with van der Waals surface area (Å²) >= 11 is 3.37. The monoisotopic (exact) mass is 392 g/mol. The van der Waals surface area contributed by atoms with Gasteiger partial charge in [-0.3, -0.25) is 0 Å².